The normalized spacial score (nSPS) is 11.9. The molecular weight excluding hydrogens is 421 g/mol. The second kappa shape index (κ2) is 8.95. The first-order chi connectivity index (χ1) is 14.3. The smallest absolute Gasteiger partial charge is 0.430 e. The number of aromatic nitrogens is 2. The molecule has 6 nitrogen and oxygen atoms in total. The number of carboxylic acids is 1. The first-order valence-electron chi connectivity index (χ1n) is 8.46. The summed E-state index contributed by atoms with van der Waals surface area (Å²) in [5.41, 5.74) is 0.546. The third kappa shape index (κ3) is 4.77. The van der Waals surface area contributed by atoms with Gasteiger partial charge < -0.3 is 19.4 Å². The van der Waals surface area contributed by atoms with Gasteiger partial charge in [0, 0.05) is 11.8 Å². The number of rotatable bonds is 7. The van der Waals surface area contributed by atoms with Gasteiger partial charge in [0.1, 0.15) is 11.6 Å². The van der Waals surface area contributed by atoms with Crippen LogP contribution in [0.4, 0.5) is 13.2 Å². The Hall–Kier alpha value is -3.40. The summed E-state index contributed by atoms with van der Waals surface area (Å²) in [6.45, 7) is -0.348. The zero-order chi connectivity index (χ0) is 21.7. The molecule has 0 radical (unpaired) electrons. The third-order valence-corrected chi connectivity index (χ3v) is 4.97. The number of halogens is 3. The van der Waals surface area contributed by atoms with Crippen LogP contribution in [0.3, 0.4) is 0 Å². The van der Waals surface area contributed by atoms with Crippen molar-refractivity contribution in [2.75, 3.05) is 7.11 Å². The minimum atomic E-state index is -4.67. The van der Waals surface area contributed by atoms with Crippen molar-refractivity contribution in [2.45, 2.75) is 12.8 Å². The van der Waals surface area contributed by atoms with Crippen LogP contribution in [0.1, 0.15) is 16.0 Å². The number of ether oxygens (including phenoxy) is 2. The Morgan fingerprint density at radius 1 is 1.20 bits per heavy atom. The molecule has 0 atom stereocenters. The summed E-state index contributed by atoms with van der Waals surface area (Å²) in [5, 5.41) is 11.5. The van der Waals surface area contributed by atoms with Gasteiger partial charge in [0.05, 0.1) is 25.0 Å². The topological polar surface area (TPSA) is 84.4 Å². The van der Waals surface area contributed by atoms with Crippen LogP contribution in [-0.4, -0.2) is 23.0 Å². The molecule has 0 saturated heterocycles. The lowest BCUT2D eigenvalue weighted by atomic mass is 10.0. The monoisotopic (exact) mass is 435 g/mol. The summed E-state index contributed by atoms with van der Waals surface area (Å²) in [6, 6.07) is 11.0. The average Bonchev–Trinajstić information content (AvgIpc) is 3.16. The van der Waals surface area contributed by atoms with Gasteiger partial charge in [-0.2, -0.15) is 18.2 Å². The summed E-state index contributed by atoms with van der Waals surface area (Å²) in [6.07, 6.45) is -2.24. The van der Waals surface area contributed by atoms with E-state index < -0.39 is 22.9 Å². The summed E-state index contributed by atoms with van der Waals surface area (Å²) in [7, 11) is 1.27. The van der Waals surface area contributed by atoms with Crippen LogP contribution < -0.4 is 9.84 Å². The minimum Gasteiger partial charge on any atom is -0.545 e. The van der Waals surface area contributed by atoms with E-state index in [4.69, 9.17) is 9.47 Å². The number of benzene rings is 1. The first-order valence-corrected chi connectivity index (χ1v) is 9.27. The zero-order valence-electron chi connectivity index (χ0n) is 15.5. The molecule has 0 aliphatic rings. The molecule has 3 rings (SSSR count). The summed E-state index contributed by atoms with van der Waals surface area (Å²) in [5.74, 6) is -2.10. The van der Waals surface area contributed by atoms with Crippen molar-refractivity contribution in [3.8, 4) is 16.6 Å². The molecule has 0 N–H and O–H groups in total. The third-order valence-electron chi connectivity index (χ3n) is 3.87. The molecule has 0 amide bonds. The summed E-state index contributed by atoms with van der Waals surface area (Å²) >= 11 is 0.419. The lowest BCUT2D eigenvalue weighted by Crippen LogP contribution is -2.24. The summed E-state index contributed by atoms with van der Waals surface area (Å²) < 4.78 is 50.6. The van der Waals surface area contributed by atoms with Gasteiger partial charge in [-0.05, 0) is 23.3 Å². The Kier molecular flexibility index (Phi) is 6.36. The molecule has 3 aromatic rings. The molecule has 0 unspecified atom stereocenters. The second-order valence-corrected chi connectivity index (χ2v) is 6.87. The van der Waals surface area contributed by atoms with Crippen molar-refractivity contribution in [3.63, 3.8) is 0 Å². The number of thiazole rings is 1. The standard InChI is InChI=1S/C20H15F3N2O4S/c1-28-11-14(19(26)27)13-7-3-2-6-12(13)10-29-17-16(20(21,22)23)30-18(25-17)15-8-4-5-9-24-15/h2-9,11H,10H2,1H3,(H,26,27)/p-1/b14-11+. The van der Waals surface area contributed by atoms with E-state index in [0.717, 1.165) is 6.26 Å². The van der Waals surface area contributed by atoms with E-state index in [1.807, 2.05) is 0 Å². The number of carbonyl (C=O) groups is 1. The number of hydrogen-bond acceptors (Lipinski definition) is 7. The van der Waals surface area contributed by atoms with Crippen LogP contribution in [0.2, 0.25) is 0 Å². The molecule has 0 aliphatic heterocycles. The van der Waals surface area contributed by atoms with E-state index in [0.29, 0.717) is 16.9 Å². The van der Waals surface area contributed by atoms with Crippen LogP contribution in [0, 0.1) is 0 Å². The van der Waals surface area contributed by atoms with Crippen molar-refractivity contribution in [3.05, 3.63) is 70.9 Å². The van der Waals surface area contributed by atoms with Gasteiger partial charge in [0.25, 0.3) is 0 Å². The maximum atomic E-state index is 13.5. The van der Waals surface area contributed by atoms with Crippen LogP contribution in [0.5, 0.6) is 5.88 Å². The highest BCUT2D eigenvalue weighted by molar-refractivity contribution is 7.15. The van der Waals surface area contributed by atoms with Crippen molar-refractivity contribution >= 4 is 22.9 Å². The molecule has 2 aromatic heterocycles. The van der Waals surface area contributed by atoms with Crippen molar-refractivity contribution in [1.82, 2.24) is 9.97 Å². The Morgan fingerprint density at radius 2 is 1.93 bits per heavy atom. The maximum Gasteiger partial charge on any atom is 0.430 e. The van der Waals surface area contributed by atoms with Crippen LogP contribution in [-0.2, 0) is 22.3 Å². The highest BCUT2D eigenvalue weighted by Gasteiger charge is 2.38. The molecular formula is C20H14F3N2O4S-. The Balaban J connectivity index is 1.94. The fraction of sp³-hybridized carbons (Fsp3) is 0.150. The molecule has 0 fully saturated rings. The number of alkyl halides is 3. The van der Waals surface area contributed by atoms with Gasteiger partial charge in [0.2, 0.25) is 5.88 Å². The SMILES string of the molecule is CO/C=C(/C(=O)[O-])c1ccccc1COc1nc(-c2ccccn2)sc1C(F)(F)F. The number of aliphatic carboxylic acids is 1. The minimum absolute atomic E-state index is 0.0564. The van der Waals surface area contributed by atoms with E-state index in [1.54, 1.807) is 30.3 Å². The van der Waals surface area contributed by atoms with E-state index in [-0.39, 0.29) is 28.4 Å². The van der Waals surface area contributed by atoms with Crippen molar-refractivity contribution in [2.24, 2.45) is 0 Å². The molecule has 30 heavy (non-hydrogen) atoms. The fourth-order valence-electron chi connectivity index (χ4n) is 2.58. The van der Waals surface area contributed by atoms with E-state index in [2.05, 4.69) is 9.97 Å². The Labute approximate surface area is 173 Å². The first kappa shape index (κ1) is 21.3. The molecule has 0 bridgehead atoms. The summed E-state index contributed by atoms with van der Waals surface area (Å²) in [4.78, 5) is 18.4. The van der Waals surface area contributed by atoms with Gasteiger partial charge in [-0.3, -0.25) is 4.98 Å². The van der Waals surface area contributed by atoms with Crippen LogP contribution in [0.15, 0.2) is 54.9 Å². The highest BCUT2D eigenvalue weighted by Crippen LogP contribution is 2.43. The number of nitrogens with zero attached hydrogens (tertiary/aromatic N) is 2. The second-order valence-electron chi connectivity index (χ2n) is 5.87. The predicted molar refractivity (Wildman–Crippen MR) is 101 cm³/mol. The van der Waals surface area contributed by atoms with E-state index in [9.17, 15) is 23.1 Å². The molecule has 156 valence electrons. The quantitative estimate of drug-likeness (QED) is 0.417. The molecule has 1 aromatic carbocycles. The van der Waals surface area contributed by atoms with E-state index >= 15 is 0 Å². The van der Waals surface area contributed by atoms with E-state index in [1.165, 1.54) is 25.4 Å². The van der Waals surface area contributed by atoms with Gasteiger partial charge in [-0.15, -0.1) is 11.3 Å². The van der Waals surface area contributed by atoms with Crippen molar-refractivity contribution < 1.29 is 32.5 Å². The van der Waals surface area contributed by atoms with Crippen molar-refractivity contribution in [1.29, 1.82) is 0 Å². The number of hydrogen-bond donors (Lipinski definition) is 0. The van der Waals surface area contributed by atoms with Gasteiger partial charge in [-0.25, -0.2) is 0 Å². The molecule has 0 aliphatic carbocycles. The molecule has 10 heteroatoms. The fourth-order valence-corrected chi connectivity index (χ4v) is 3.43. The number of carbonyl (C=O) groups excluding carboxylic acids is 1. The molecule has 0 spiro atoms. The zero-order valence-corrected chi connectivity index (χ0v) is 16.3. The van der Waals surface area contributed by atoms with Crippen LogP contribution in [0.25, 0.3) is 16.3 Å². The number of pyridine rings is 1. The highest BCUT2D eigenvalue weighted by atomic mass is 32.1. The van der Waals surface area contributed by atoms with Gasteiger partial charge in [-0.1, -0.05) is 30.3 Å². The number of carboxylic acid groups (broad SMARTS) is 1. The largest absolute Gasteiger partial charge is 0.545 e. The molecule has 0 saturated carbocycles. The number of methoxy groups -OCH3 is 1. The maximum absolute atomic E-state index is 13.5. The predicted octanol–water partition coefficient (Wildman–Crippen LogP) is 3.54. The lowest BCUT2D eigenvalue weighted by molar-refractivity contribution is -0.295. The Bertz CT molecular complexity index is 1070. The Morgan fingerprint density at radius 3 is 2.57 bits per heavy atom. The lowest BCUT2D eigenvalue weighted by Gasteiger charge is -2.14. The average molecular weight is 435 g/mol. The van der Waals surface area contributed by atoms with Crippen LogP contribution >= 0.6 is 11.3 Å². The van der Waals surface area contributed by atoms with Gasteiger partial charge >= 0.3 is 6.18 Å². The van der Waals surface area contributed by atoms with Gasteiger partial charge in [0.15, 0.2) is 4.88 Å². The molecule has 2 heterocycles.